The van der Waals surface area contributed by atoms with Crippen molar-refractivity contribution in [3.05, 3.63) is 70.1 Å². The molecule has 0 saturated heterocycles. The van der Waals surface area contributed by atoms with Crippen molar-refractivity contribution < 1.29 is 14.3 Å². The van der Waals surface area contributed by atoms with Crippen molar-refractivity contribution in [2.75, 3.05) is 0 Å². The van der Waals surface area contributed by atoms with Crippen LogP contribution in [-0.4, -0.2) is 10.9 Å². The Morgan fingerprint density at radius 3 is 2.41 bits per heavy atom. The van der Waals surface area contributed by atoms with Gasteiger partial charge in [-0.05, 0) is 18.6 Å². The SMILES string of the molecule is CC(=O)c1ccc(-c2c(CO)c(=O)oc3ccccc23)cc1. The molecule has 0 unspecified atom stereocenters. The van der Waals surface area contributed by atoms with Crippen molar-refractivity contribution in [3.8, 4) is 11.1 Å². The zero-order valence-electron chi connectivity index (χ0n) is 12.0. The first-order valence-electron chi connectivity index (χ1n) is 6.88. The topological polar surface area (TPSA) is 67.5 Å². The molecular weight excluding hydrogens is 280 g/mol. The first-order valence-corrected chi connectivity index (χ1v) is 6.88. The fraction of sp³-hybridized carbons (Fsp3) is 0.111. The molecule has 0 atom stereocenters. The molecule has 4 nitrogen and oxygen atoms in total. The summed E-state index contributed by atoms with van der Waals surface area (Å²) >= 11 is 0. The van der Waals surface area contributed by atoms with Crippen molar-refractivity contribution in [2.45, 2.75) is 13.5 Å². The molecule has 0 aliphatic rings. The molecule has 3 rings (SSSR count). The molecule has 2 aromatic carbocycles. The molecule has 4 heteroatoms. The van der Waals surface area contributed by atoms with E-state index in [-0.39, 0.29) is 11.3 Å². The summed E-state index contributed by atoms with van der Waals surface area (Å²) in [5.74, 6) is -0.0219. The van der Waals surface area contributed by atoms with Gasteiger partial charge in [-0.1, -0.05) is 42.5 Å². The van der Waals surface area contributed by atoms with Crippen LogP contribution in [0.1, 0.15) is 22.8 Å². The van der Waals surface area contributed by atoms with Crippen LogP contribution < -0.4 is 5.63 Å². The predicted molar refractivity (Wildman–Crippen MR) is 83.8 cm³/mol. The van der Waals surface area contributed by atoms with Crippen LogP contribution in [0.5, 0.6) is 0 Å². The minimum atomic E-state index is -0.549. The van der Waals surface area contributed by atoms with Gasteiger partial charge in [-0.2, -0.15) is 0 Å². The minimum Gasteiger partial charge on any atom is -0.422 e. The highest BCUT2D eigenvalue weighted by Crippen LogP contribution is 2.30. The van der Waals surface area contributed by atoms with Gasteiger partial charge in [-0.3, -0.25) is 4.79 Å². The summed E-state index contributed by atoms with van der Waals surface area (Å²) in [4.78, 5) is 23.4. The lowest BCUT2D eigenvalue weighted by Gasteiger charge is -2.10. The fourth-order valence-electron chi connectivity index (χ4n) is 2.53. The third-order valence-electron chi connectivity index (χ3n) is 3.65. The van der Waals surface area contributed by atoms with Gasteiger partial charge in [0, 0.05) is 16.5 Å². The number of hydrogen-bond donors (Lipinski definition) is 1. The zero-order chi connectivity index (χ0) is 15.7. The first-order chi connectivity index (χ1) is 10.6. The second kappa shape index (κ2) is 5.58. The van der Waals surface area contributed by atoms with E-state index in [0.717, 1.165) is 10.9 Å². The second-order valence-corrected chi connectivity index (χ2v) is 5.03. The Kier molecular flexibility index (Phi) is 3.61. The van der Waals surface area contributed by atoms with Crippen molar-refractivity contribution in [1.29, 1.82) is 0 Å². The Labute approximate surface area is 126 Å². The Bertz CT molecular complexity index is 905. The van der Waals surface area contributed by atoms with Crippen LogP contribution in [0.25, 0.3) is 22.1 Å². The van der Waals surface area contributed by atoms with E-state index >= 15 is 0 Å². The van der Waals surface area contributed by atoms with Crippen LogP contribution in [0.3, 0.4) is 0 Å². The lowest BCUT2D eigenvalue weighted by atomic mass is 9.96. The molecule has 0 fully saturated rings. The number of Topliss-reactive ketones (excluding diaryl/α,β-unsaturated/α-hetero) is 1. The number of carbonyl (C=O) groups is 1. The van der Waals surface area contributed by atoms with Gasteiger partial charge in [0.05, 0.1) is 12.2 Å². The van der Waals surface area contributed by atoms with Gasteiger partial charge in [0.25, 0.3) is 0 Å². The highest BCUT2D eigenvalue weighted by molar-refractivity contribution is 5.97. The van der Waals surface area contributed by atoms with Crippen LogP contribution >= 0.6 is 0 Å². The van der Waals surface area contributed by atoms with E-state index in [1.54, 1.807) is 36.4 Å². The molecule has 1 heterocycles. The molecule has 0 aliphatic carbocycles. The van der Waals surface area contributed by atoms with Gasteiger partial charge in [-0.25, -0.2) is 4.79 Å². The molecule has 0 radical (unpaired) electrons. The molecule has 110 valence electrons. The first kappa shape index (κ1) is 14.2. The Hall–Kier alpha value is -2.72. The molecule has 3 aromatic rings. The number of para-hydroxylation sites is 1. The summed E-state index contributed by atoms with van der Waals surface area (Å²) in [5.41, 5.74) is 2.14. The Morgan fingerprint density at radius 2 is 1.77 bits per heavy atom. The Morgan fingerprint density at radius 1 is 1.09 bits per heavy atom. The number of carbonyl (C=O) groups excluding carboxylic acids is 1. The number of aliphatic hydroxyl groups is 1. The van der Waals surface area contributed by atoms with Crippen LogP contribution in [-0.2, 0) is 6.61 Å². The summed E-state index contributed by atoms with van der Waals surface area (Å²) < 4.78 is 5.24. The van der Waals surface area contributed by atoms with Crippen LogP contribution in [0.15, 0.2) is 57.7 Å². The number of rotatable bonds is 3. The molecule has 0 aliphatic heterocycles. The standard InChI is InChI=1S/C18H14O4/c1-11(20)12-6-8-13(9-7-12)17-14-4-2-3-5-16(14)22-18(21)15(17)10-19/h2-9,19H,10H2,1H3. The fourth-order valence-corrected chi connectivity index (χ4v) is 2.53. The number of benzene rings is 2. The van der Waals surface area contributed by atoms with Gasteiger partial charge < -0.3 is 9.52 Å². The highest BCUT2D eigenvalue weighted by atomic mass is 16.4. The van der Waals surface area contributed by atoms with Crippen molar-refractivity contribution in [1.82, 2.24) is 0 Å². The van der Waals surface area contributed by atoms with E-state index in [0.29, 0.717) is 16.7 Å². The third kappa shape index (κ3) is 2.34. The van der Waals surface area contributed by atoms with E-state index in [1.165, 1.54) is 6.92 Å². The summed E-state index contributed by atoms with van der Waals surface area (Å²) in [7, 11) is 0. The molecular formula is C18H14O4. The summed E-state index contributed by atoms with van der Waals surface area (Å²) in [6, 6.07) is 14.2. The van der Waals surface area contributed by atoms with Gasteiger partial charge in [0.15, 0.2) is 5.78 Å². The van der Waals surface area contributed by atoms with Crippen LogP contribution in [0.2, 0.25) is 0 Å². The molecule has 0 bridgehead atoms. The number of ketones is 1. The number of fused-ring (bicyclic) bond motifs is 1. The van der Waals surface area contributed by atoms with E-state index in [2.05, 4.69) is 0 Å². The van der Waals surface area contributed by atoms with E-state index in [1.807, 2.05) is 12.1 Å². The molecule has 0 saturated carbocycles. The second-order valence-electron chi connectivity index (χ2n) is 5.03. The average Bonchev–Trinajstić information content (AvgIpc) is 2.53. The monoisotopic (exact) mass is 294 g/mol. The van der Waals surface area contributed by atoms with Gasteiger partial charge in [0.2, 0.25) is 0 Å². The molecule has 1 N–H and O–H groups in total. The maximum atomic E-state index is 12.1. The van der Waals surface area contributed by atoms with Gasteiger partial charge in [0.1, 0.15) is 5.58 Å². The van der Waals surface area contributed by atoms with Gasteiger partial charge in [-0.15, -0.1) is 0 Å². The Balaban J connectivity index is 2.33. The lowest BCUT2D eigenvalue weighted by Crippen LogP contribution is -2.10. The number of hydrogen-bond acceptors (Lipinski definition) is 4. The zero-order valence-corrected chi connectivity index (χ0v) is 12.0. The quantitative estimate of drug-likeness (QED) is 0.595. The van der Waals surface area contributed by atoms with Crippen LogP contribution in [0, 0.1) is 0 Å². The third-order valence-corrected chi connectivity index (χ3v) is 3.65. The van der Waals surface area contributed by atoms with E-state index in [4.69, 9.17) is 4.42 Å². The predicted octanol–water partition coefficient (Wildman–Crippen LogP) is 3.15. The molecule has 1 aromatic heterocycles. The molecule has 22 heavy (non-hydrogen) atoms. The lowest BCUT2D eigenvalue weighted by molar-refractivity contribution is 0.101. The maximum absolute atomic E-state index is 12.1. The maximum Gasteiger partial charge on any atom is 0.342 e. The summed E-state index contributed by atoms with van der Waals surface area (Å²) in [6.07, 6.45) is 0. The average molecular weight is 294 g/mol. The van der Waals surface area contributed by atoms with Crippen LogP contribution in [0.4, 0.5) is 0 Å². The normalized spacial score (nSPS) is 10.8. The van der Waals surface area contributed by atoms with Crippen molar-refractivity contribution in [2.24, 2.45) is 0 Å². The van der Waals surface area contributed by atoms with Gasteiger partial charge >= 0.3 is 5.63 Å². The number of aliphatic hydroxyl groups excluding tert-OH is 1. The molecule has 0 spiro atoms. The van der Waals surface area contributed by atoms with E-state index < -0.39 is 12.2 Å². The van der Waals surface area contributed by atoms with Crippen molar-refractivity contribution >= 4 is 16.8 Å². The summed E-state index contributed by atoms with van der Waals surface area (Å²) in [5, 5.41) is 10.3. The minimum absolute atomic E-state index is 0.0219. The van der Waals surface area contributed by atoms with E-state index in [9.17, 15) is 14.7 Å². The van der Waals surface area contributed by atoms with Crippen molar-refractivity contribution in [3.63, 3.8) is 0 Å². The smallest absolute Gasteiger partial charge is 0.342 e. The molecule has 0 amide bonds. The highest BCUT2D eigenvalue weighted by Gasteiger charge is 2.15. The largest absolute Gasteiger partial charge is 0.422 e. The summed E-state index contributed by atoms with van der Waals surface area (Å²) in [6.45, 7) is 1.09.